The molecule has 0 aliphatic heterocycles. The van der Waals surface area contributed by atoms with Gasteiger partial charge >= 0.3 is 0 Å². The summed E-state index contributed by atoms with van der Waals surface area (Å²) in [4.78, 5) is 12.4. The van der Waals surface area contributed by atoms with Crippen molar-refractivity contribution in [3.8, 4) is 6.07 Å². The Morgan fingerprint density at radius 1 is 1.30 bits per heavy atom. The molecule has 20 heavy (non-hydrogen) atoms. The minimum Gasteiger partial charge on any atom is -0.339 e. The molecule has 0 spiro atoms. The first kappa shape index (κ1) is 14.0. The van der Waals surface area contributed by atoms with Gasteiger partial charge in [-0.15, -0.1) is 0 Å². The van der Waals surface area contributed by atoms with Crippen LogP contribution in [0.25, 0.3) is 0 Å². The summed E-state index contributed by atoms with van der Waals surface area (Å²) in [6.45, 7) is 0. The van der Waals surface area contributed by atoms with Crippen molar-refractivity contribution >= 4 is 33.0 Å². The molecule has 2 aromatic carbocycles. The molecule has 0 atom stereocenters. The second-order valence-electron chi connectivity index (χ2n) is 4.11. The molecular formula is C14H10BrN3O2. The smallest absolute Gasteiger partial charge is 0.293 e. The summed E-state index contributed by atoms with van der Waals surface area (Å²) in [5.74, 6) is 0. The first-order chi connectivity index (χ1) is 9.52. The fourth-order valence-electron chi connectivity index (χ4n) is 1.85. The van der Waals surface area contributed by atoms with Gasteiger partial charge in [-0.1, -0.05) is 22.0 Å². The summed E-state index contributed by atoms with van der Waals surface area (Å²) in [5, 5.41) is 20.0. The van der Waals surface area contributed by atoms with Gasteiger partial charge in [-0.3, -0.25) is 10.1 Å². The molecule has 0 amide bonds. The fraction of sp³-hybridized carbons (Fsp3) is 0.0714. The number of anilines is 2. The van der Waals surface area contributed by atoms with Gasteiger partial charge in [0.1, 0.15) is 5.69 Å². The van der Waals surface area contributed by atoms with E-state index >= 15 is 0 Å². The zero-order chi connectivity index (χ0) is 14.7. The maximum Gasteiger partial charge on any atom is 0.293 e. The molecule has 0 aliphatic rings. The molecule has 0 heterocycles. The van der Waals surface area contributed by atoms with Crippen LogP contribution in [0.5, 0.6) is 0 Å². The number of rotatable bonds is 3. The monoisotopic (exact) mass is 331 g/mol. The highest BCUT2D eigenvalue weighted by atomic mass is 79.9. The third kappa shape index (κ3) is 2.78. The maximum absolute atomic E-state index is 11.1. The largest absolute Gasteiger partial charge is 0.339 e. The molecule has 0 aromatic heterocycles. The fourth-order valence-corrected chi connectivity index (χ4v) is 2.20. The van der Waals surface area contributed by atoms with E-state index < -0.39 is 4.92 Å². The van der Waals surface area contributed by atoms with Crippen molar-refractivity contribution in [3.63, 3.8) is 0 Å². The molecule has 0 saturated carbocycles. The van der Waals surface area contributed by atoms with Crippen molar-refractivity contribution in [1.82, 2.24) is 0 Å². The number of benzene rings is 2. The Kier molecular flexibility index (Phi) is 4.01. The van der Waals surface area contributed by atoms with Crippen molar-refractivity contribution in [2.24, 2.45) is 0 Å². The highest BCUT2D eigenvalue weighted by Crippen LogP contribution is 2.34. The highest BCUT2D eigenvalue weighted by Gasteiger charge is 2.18. The quantitative estimate of drug-likeness (QED) is 0.629. The van der Waals surface area contributed by atoms with Crippen molar-refractivity contribution < 1.29 is 4.92 Å². The van der Waals surface area contributed by atoms with E-state index in [1.807, 2.05) is 0 Å². The van der Waals surface area contributed by atoms with E-state index in [0.717, 1.165) is 5.69 Å². The lowest BCUT2D eigenvalue weighted by atomic mass is 10.2. The Hall–Kier alpha value is -2.39. The summed E-state index contributed by atoms with van der Waals surface area (Å²) in [5.41, 5.74) is 1.70. The van der Waals surface area contributed by atoms with Gasteiger partial charge in [0.15, 0.2) is 0 Å². The molecule has 0 aliphatic carbocycles. The van der Waals surface area contributed by atoms with Crippen LogP contribution in [-0.4, -0.2) is 12.0 Å². The molecule has 0 unspecified atom stereocenters. The Morgan fingerprint density at radius 3 is 2.70 bits per heavy atom. The molecule has 0 bridgehead atoms. The normalized spacial score (nSPS) is 9.85. The average molecular weight is 332 g/mol. The minimum absolute atomic E-state index is 0.00392. The lowest BCUT2D eigenvalue weighted by molar-refractivity contribution is -0.384. The van der Waals surface area contributed by atoms with Crippen LogP contribution < -0.4 is 4.90 Å². The number of nitro benzene ring substituents is 1. The van der Waals surface area contributed by atoms with Crippen LogP contribution in [-0.2, 0) is 0 Å². The van der Waals surface area contributed by atoms with Crippen LogP contribution in [0.4, 0.5) is 17.1 Å². The van der Waals surface area contributed by atoms with Gasteiger partial charge in [0, 0.05) is 23.3 Å². The van der Waals surface area contributed by atoms with E-state index in [9.17, 15) is 10.1 Å². The summed E-state index contributed by atoms with van der Waals surface area (Å²) in [6.07, 6.45) is 0. The van der Waals surface area contributed by atoms with Gasteiger partial charge in [0.2, 0.25) is 0 Å². The van der Waals surface area contributed by atoms with Gasteiger partial charge in [0.05, 0.1) is 16.6 Å². The summed E-state index contributed by atoms with van der Waals surface area (Å²) in [6, 6.07) is 13.8. The van der Waals surface area contributed by atoms with E-state index in [4.69, 9.17) is 5.26 Å². The average Bonchev–Trinajstić information content (AvgIpc) is 2.46. The van der Waals surface area contributed by atoms with Gasteiger partial charge in [-0.05, 0) is 30.3 Å². The molecule has 0 saturated heterocycles. The van der Waals surface area contributed by atoms with E-state index in [-0.39, 0.29) is 5.69 Å². The second kappa shape index (κ2) is 5.72. The SMILES string of the molecule is CN(c1cccc(C#N)c1)c1ccc(Br)cc1[N+](=O)[O-]. The number of nitro groups is 1. The van der Waals surface area contributed by atoms with Crippen molar-refractivity contribution in [2.75, 3.05) is 11.9 Å². The van der Waals surface area contributed by atoms with E-state index in [0.29, 0.717) is 15.7 Å². The van der Waals surface area contributed by atoms with Gasteiger partial charge in [-0.25, -0.2) is 0 Å². The number of nitriles is 1. The van der Waals surface area contributed by atoms with Crippen molar-refractivity contribution in [2.45, 2.75) is 0 Å². The second-order valence-corrected chi connectivity index (χ2v) is 5.03. The molecule has 5 nitrogen and oxygen atoms in total. The third-order valence-corrected chi connectivity index (χ3v) is 3.35. The standard InChI is InChI=1S/C14H10BrN3O2/c1-17(12-4-2-3-10(7-12)9-16)13-6-5-11(15)8-14(13)18(19)20/h2-8H,1H3. The van der Waals surface area contributed by atoms with Crippen LogP contribution in [0, 0.1) is 21.4 Å². The Bertz CT molecular complexity index is 710. The summed E-state index contributed by atoms with van der Waals surface area (Å²) < 4.78 is 0.645. The van der Waals surface area contributed by atoms with Gasteiger partial charge in [-0.2, -0.15) is 5.26 Å². The van der Waals surface area contributed by atoms with Crippen LogP contribution in [0.3, 0.4) is 0 Å². The topological polar surface area (TPSA) is 70.2 Å². The van der Waals surface area contributed by atoms with Crippen molar-refractivity contribution in [3.05, 3.63) is 62.6 Å². The molecule has 6 heteroatoms. The van der Waals surface area contributed by atoms with Gasteiger partial charge in [0.25, 0.3) is 5.69 Å². The zero-order valence-corrected chi connectivity index (χ0v) is 12.2. The molecular weight excluding hydrogens is 322 g/mol. The number of hydrogen-bond donors (Lipinski definition) is 0. The number of halogens is 1. The molecule has 0 fully saturated rings. The third-order valence-electron chi connectivity index (χ3n) is 2.86. The predicted molar refractivity (Wildman–Crippen MR) is 80.0 cm³/mol. The maximum atomic E-state index is 11.1. The Balaban J connectivity index is 2.50. The first-order valence-electron chi connectivity index (χ1n) is 5.71. The lowest BCUT2D eigenvalue weighted by Crippen LogP contribution is -2.11. The molecule has 2 rings (SSSR count). The Labute approximate surface area is 124 Å². The number of nitrogens with zero attached hydrogens (tertiary/aromatic N) is 3. The summed E-state index contributed by atoms with van der Waals surface area (Å²) >= 11 is 3.23. The van der Waals surface area contributed by atoms with E-state index in [2.05, 4.69) is 22.0 Å². The molecule has 0 radical (unpaired) electrons. The van der Waals surface area contributed by atoms with Crippen LogP contribution in [0.2, 0.25) is 0 Å². The molecule has 100 valence electrons. The first-order valence-corrected chi connectivity index (χ1v) is 6.50. The van der Waals surface area contributed by atoms with Crippen LogP contribution in [0.15, 0.2) is 46.9 Å². The van der Waals surface area contributed by atoms with Crippen LogP contribution >= 0.6 is 15.9 Å². The highest BCUT2D eigenvalue weighted by molar-refractivity contribution is 9.10. The predicted octanol–water partition coefficient (Wildman–Crippen LogP) is 4.00. The molecule has 2 aromatic rings. The van der Waals surface area contributed by atoms with Crippen LogP contribution in [0.1, 0.15) is 5.56 Å². The van der Waals surface area contributed by atoms with Gasteiger partial charge < -0.3 is 4.90 Å². The lowest BCUT2D eigenvalue weighted by Gasteiger charge is -2.19. The molecule has 0 N–H and O–H groups in total. The minimum atomic E-state index is -0.426. The summed E-state index contributed by atoms with van der Waals surface area (Å²) in [7, 11) is 1.73. The van der Waals surface area contributed by atoms with E-state index in [1.165, 1.54) is 6.07 Å². The zero-order valence-electron chi connectivity index (χ0n) is 10.6. The van der Waals surface area contributed by atoms with E-state index in [1.54, 1.807) is 48.3 Å². The number of hydrogen-bond acceptors (Lipinski definition) is 4. The Morgan fingerprint density at radius 2 is 2.05 bits per heavy atom. The van der Waals surface area contributed by atoms with Crippen molar-refractivity contribution in [1.29, 1.82) is 5.26 Å².